The van der Waals surface area contributed by atoms with Crippen molar-refractivity contribution in [2.45, 2.75) is 17.6 Å². The summed E-state index contributed by atoms with van der Waals surface area (Å²) in [4.78, 5) is 8.41. The van der Waals surface area contributed by atoms with E-state index in [1.54, 1.807) is 0 Å². The summed E-state index contributed by atoms with van der Waals surface area (Å²) in [6.45, 7) is 2.01. The molecule has 0 amide bonds. The summed E-state index contributed by atoms with van der Waals surface area (Å²) in [7, 11) is -1.10. The van der Waals surface area contributed by atoms with Gasteiger partial charge in [0.15, 0.2) is 0 Å². The van der Waals surface area contributed by atoms with Gasteiger partial charge in [-0.1, -0.05) is 17.7 Å². The second-order valence-electron chi connectivity index (χ2n) is 4.76. The van der Waals surface area contributed by atoms with Crippen LogP contribution >= 0.6 is 0 Å². The zero-order valence-electron chi connectivity index (χ0n) is 11.1. The Kier molecular flexibility index (Phi) is 3.28. The van der Waals surface area contributed by atoms with Gasteiger partial charge in [0, 0.05) is 10.6 Å². The van der Waals surface area contributed by atoms with Gasteiger partial charge in [0.1, 0.15) is 5.82 Å². The molecule has 0 spiro atoms. The van der Waals surface area contributed by atoms with E-state index in [4.69, 9.17) is 5.73 Å². The normalized spacial score (nSPS) is 12.7. The van der Waals surface area contributed by atoms with Crippen LogP contribution in [-0.4, -0.2) is 14.2 Å². The van der Waals surface area contributed by atoms with E-state index >= 15 is 0 Å². The molecule has 20 heavy (non-hydrogen) atoms. The minimum absolute atomic E-state index is 0.373. The highest BCUT2D eigenvalue weighted by molar-refractivity contribution is 7.84. The number of hydrogen-bond donors (Lipinski definition) is 2. The van der Waals surface area contributed by atoms with Crippen LogP contribution in [0.15, 0.2) is 47.4 Å². The Hall–Kier alpha value is -2.14. The van der Waals surface area contributed by atoms with Gasteiger partial charge >= 0.3 is 0 Å². The zero-order chi connectivity index (χ0) is 14.1. The molecule has 0 fully saturated rings. The van der Waals surface area contributed by atoms with E-state index in [-0.39, 0.29) is 0 Å². The molecule has 4 nitrogen and oxygen atoms in total. The predicted molar refractivity (Wildman–Crippen MR) is 81.8 cm³/mol. The Balaban J connectivity index is 1.85. The second kappa shape index (κ2) is 5.09. The van der Waals surface area contributed by atoms with Crippen molar-refractivity contribution < 1.29 is 4.21 Å². The van der Waals surface area contributed by atoms with Crippen LogP contribution in [0.5, 0.6) is 0 Å². The van der Waals surface area contributed by atoms with Crippen LogP contribution in [-0.2, 0) is 16.6 Å². The van der Waals surface area contributed by atoms with Crippen LogP contribution in [0, 0.1) is 6.92 Å². The molecule has 0 saturated heterocycles. The maximum absolute atomic E-state index is 12.3. The van der Waals surface area contributed by atoms with Gasteiger partial charge < -0.3 is 10.7 Å². The number of nitrogens with two attached hydrogens (primary N) is 1. The van der Waals surface area contributed by atoms with Gasteiger partial charge in [-0.3, -0.25) is 4.21 Å². The molecule has 0 aliphatic rings. The first-order valence-electron chi connectivity index (χ1n) is 6.31. The average molecular weight is 285 g/mol. The Labute approximate surface area is 119 Å². The lowest BCUT2D eigenvalue weighted by Gasteiger charge is -2.00. The number of aromatic amines is 1. The third-order valence-corrected chi connectivity index (χ3v) is 4.44. The van der Waals surface area contributed by atoms with Gasteiger partial charge in [0.2, 0.25) is 0 Å². The number of hydrogen-bond acceptors (Lipinski definition) is 3. The van der Waals surface area contributed by atoms with Gasteiger partial charge in [-0.15, -0.1) is 0 Å². The van der Waals surface area contributed by atoms with Gasteiger partial charge in [0.25, 0.3) is 0 Å². The number of aryl methyl sites for hydroxylation is 1. The number of aromatic nitrogens is 2. The second-order valence-corrected chi connectivity index (χ2v) is 6.21. The first-order chi connectivity index (χ1) is 9.61. The summed E-state index contributed by atoms with van der Waals surface area (Å²) in [5.41, 5.74) is 9.30. The molecule has 2 aromatic carbocycles. The number of nitrogen functional groups attached to an aromatic ring is 1. The molecule has 1 unspecified atom stereocenters. The van der Waals surface area contributed by atoms with Crippen molar-refractivity contribution >= 4 is 27.5 Å². The Morgan fingerprint density at radius 2 is 1.95 bits per heavy atom. The highest BCUT2D eigenvalue weighted by Gasteiger charge is 2.09. The highest BCUT2D eigenvalue weighted by atomic mass is 32.2. The third-order valence-electron chi connectivity index (χ3n) is 3.11. The van der Waals surface area contributed by atoms with Crippen LogP contribution in [0.4, 0.5) is 5.69 Å². The van der Waals surface area contributed by atoms with Crippen molar-refractivity contribution in [2.24, 2.45) is 0 Å². The van der Waals surface area contributed by atoms with Gasteiger partial charge in [-0.2, -0.15) is 0 Å². The quantitative estimate of drug-likeness (QED) is 0.727. The summed E-state index contributed by atoms with van der Waals surface area (Å²) in [6, 6.07) is 13.2. The molecule has 0 aliphatic carbocycles. The largest absolute Gasteiger partial charge is 0.399 e. The third kappa shape index (κ3) is 2.58. The molecule has 3 N–H and O–H groups in total. The predicted octanol–water partition coefficient (Wildman–Crippen LogP) is 2.76. The van der Waals surface area contributed by atoms with E-state index in [1.807, 2.05) is 49.4 Å². The maximum Gasteiger partial charge on any atom is 0.120 e. The number of anilines is 1. The lowest BCUT2D eigenvalue weighted by Crippen LogP contribution is -1.98. The summed E-state index contributed by atoms with van der Waals surface area (Å²) in [5, 5.41) is 0. The molecule has 102 valence electrons. The summed E-state index contributed by atoms with van der Waals surface area (Å²) < 4.78 is 12.3. The number of fused-ring (bicyclic) bond motifs is 1. The van der Waals surface area contributed by atoms with Crippen molar-refractivity contribution in [3.05, 3.63) is 53.9 Å². The number of rotatable bonds is 3. The SMILES string of the molecule is Cc1ccc(S(=O)Cc2nc3ccc(N)cc3[nH]2)cc1. The standard InChI is InChI=1S/C15H15N3OS/c1-10-2-5-12(6-3-10)20(19)9-15-17-13-7-4-11(16)8-14(13)18-15/h2-8H,9,16H2,1H3,(H,17,18). The minimum atomic E-state index is -1.10. The number of imidazole rings is 1. The van der Waals surface area contributed by atoms with E-state index in [0.29, 0.717) is 17.3 Å². The number of benzene rings is 2. The first kappa shape index (κ1) is 12.9. The molecule has 0 radical (unpaired) electrons. The smallest absolute Gasteiger partial charge is 0.120 e. The van der Waals surface area contributed by atoms with Crippen LogP contribution in [0.2, 0.25) is 0 Å². The molecule has 1 aromatic heterocycles. The van der Waals surface area contributed by atoms with Crippen LogP contribution in [0.25, 0.3) is 11.0 Å². The Bertz CT molecular complexity index is 777. The molecule has 1 heterocycles. The molecule has 3 aromatic rings. The van der Waals surface area contributed by atoms with E-state index in [9.17, 15) is 4.21 Å². The fourth-order valence-electron chi connectivity index (χ4n) is 2.05. The number of nitrogens with one attached hydrogen (secondary N) is 1. The van der Waals surface area contributed by atoms with E-state index in [1.165, 1.54) is 0 Å². The lowest BCUT2D eigenvalue weighted by atomic mass is 10.2. The maximum atomic E-state index is 12.3. The van der Waals surface area contributed by atoms with Crippen molar-refractivity contribution in [1.29, 1.82) is 0 Å². The van der Waals surface area contributed by atoms with Crippen molar-refractivity contribution in [3.63, 3.8) is 0 Å². The molecule has 0 aliphatic heterocycles. The summed E-state index contributed by atoms with van der Waals surface area (Å²) >= 11 is 0. The van der Waals surface area contributed by atoms with E-state index in [0.717, 1.165) is 21.5 Å². The Morgan fingerprint density at radius 3 is 2.70 bits per heavy atom. The van der Waals surface area contributed by atoms with Gasteiger partial charge in [-0.05, 0) is 37.3 Å². The monoisotopic (exact) mass is 285 g/mol. The lowest BCUT2D eigenvalue weighted by molar-refractivity contribution is 0.681. The van der Waals surface area contributed by atoms with Gasteiger partial charge in [-0.25, -0.2) is 4.98 Å². The minimum Gasteiger partial charge on any atom is -0.399 e. The molecule has 0 bridgehead atoms. The molecule has 0 saturated carbocycles. The molecular formula is C15H15N3OS. The highest BCUT2D eigenvalue weighted by Crippen LogP contribution is 2.17. The fraction of sp³-hybridized carbons (Fsp3) is 0.133. The van der Waals surface area contributed by atoms with Crippen molar-refractivity contribution in [3.8, 4) is 0 Å². The van der Waals surface area contributed by atoms with Crippen LogP contribution in [0.1, 0.15) is 11.4 Å². The summed E-state index contributed by atoms with van der Waals surface area (Å²) in [5.74, 6) is 1.09. The summed E-state index contributed by atoms with van der Waals surface area (Å²) in [6.07, 6.45) is 0. The topological polar surface area (TPSA) is 71.8 Å². The Morgan fingerprint density at radius 1 is 1.20 bits per heavy atom. The molecular weight excluding hydrogens is 270 g/mol. The van der Waals surface area contributed by atoms with Crippen molar-refractivity contribution in [2.75, 3.05) is 5.73 Å². The van der Waals surface area contributed by atoms with Crippen LogP contribution < -0.4 is 5.73 Å². The molecule has 3 rings (SSSR count). The fourth-order valence-corrected chi connectivity index (χ4v) is 3.04. The average Bonchev–Trinajstić information content (AvgIpc) is 2.80. The zero-order valence-corrected chi connectivity index (χ0v) is 11.9. The van der Waals surface area contributed by atoms with E-state index < -0.39 is 10.8 Å². The first-order valence-corrected chi connectivity index (χ1v) is 7.63. The molecule has 1 atom stereocenters. The van der Waals surface area contributed by atoms with Crippen molar-refractivity contribution in [1.82, 2.24) is 9.97 Å². The number of nitrogens with zero attached hydrogens (tertiary/aromatic N) is 1. The van der Waals surface area contributed by atoms with Crippen LogP contribution in [0.3, 0.4) is 0 Å². The number of H-pyrrole nitrogens is 1. The molecule has 5 heteroatoms. The van der Waals surface area contributed by atoms with E-state index in [2.05, 4.69) is 9.97 Å². The van der Waals surface area contributed by atoms with Gasteiger partial charge in [0.05, 0.1) is 27.6 Å².